The molecule has 0 saturated heterocycles. The normalized spacial score (nSPS) is 10.5. The van der Waals surface area contributed by atoms with Crippen molar-refractivity contribution in [2.75, 3.05) is 12.0 Å². The Labute approximate surface area is 110 Å². The van der Waals surface area contributed by atoms with E-state index in [0.717, 1.165) is 22.7 Å². The maximum absolute atomic E-state index is 4.61. The quantitative estimate of drug-likeness (QED) is 0.725. The summed E-state index contributed by atoms with van der Waals surface area (Å²) in [6, 6.07) is 10.0. The van der Waals surface area contributed by atoms with E-state index in [2.05, 4.69) is 27.0 Å². The minimum absolute atomic E-state index is 0.440. The molecule has 0 atom stereocenters. The summed E-state index contributed by atoms with van der Waals surface area (Å²) in [4.78, 5) is 12.5. The third-order valence-corrected chi connectivity index (χ3v) is 2.84. The molecule has 2 heterocycles. The van der Waals surface area contributed by atoms with Crippen LogP contribution in [0.4, 0.5) is 5.82 Å². The minimum atomic E-state index is 0.440. The van der Waals surface area contributed by atoms with Crippen molar-refractivity contribution in [3.8, 4) is 11.3 Å². The molecule has 2 aromatic heterocycles. The van der Waals surface area contributed by atoms with Crippen molar-refractivity contribution >= 4 is 18.2 Å². The van der Waals surface area contributed by atoms with E-state index in [0.29, 0.717) is 6.67 Å². The summed E-state index contributed by atoms with van der Waals surface area (Å²) in [5, 5.41) is 3.23. The Kier molecular flexibility index (Phi) is 2.94. The Bertz CT molecular complexity index is 702. The molecule has 0 unspecified atom stereocenters. The molecule has 0 radical (unpaired) electrons. The first-order valence-electron chi connectivity index (χ1n) is 5.94. The molecular weight excluding hydrogens is 238 g/mol. The van der Waals surface area contributed by atoms with Crippen molar-refractivity contribution < 1.29 is 0 Å². The van der Waals surface area contributed by atoms with Crippen molar-refractivity contribution in [1.82, 2.24) is 14.4 Å². The van der Waals surface area contributed by atoms with Gasteiger partial charge < -0.3 is 5.32 Å². The monoisotopic (exact) mass is 251 g/mol. The topological polar surface area (TPSA) is 54.6 Å². The van der Waals surface area contributed by atoms with Gasteiger partial charge in [-0.1, -0.05) is 30.3 Å². The van der Waals surface area contributed by atoms with Gasteiger partial charge in [0.1, 0.15) is 18.2 Å². The third kappa shape index (κ3) is 2.06. The number of benzene rings is 1. The van der Waals surface area contributed by atoms with Gasteiger partial charge in [0.25, 0.3) is 0 Å². The number of fused-ring (bicyclic) bond motifs is 1. The van der Waals surface area contributed by atoms with Crippen LogP contribution in [0.15, 0.2) is 53.9 Å². The highest BCUT2D eigenvalue weighted by Gasteiger charge is 2.12. The number of anilines is 1. The maximum atomic E-state index is 4.61. The van der Waals surface area contributed by atoms with Gasteiger partial charge in [0.15, 0.2) is 5.65 Å². The summed E-state index contributed by atoms with van der Waals surface area (Å²) >= 11 is 0. The number of aromatic nitrogens is 3. The predicted octanol–water partition coefficient (Wildman–Crippen LogP) is 2.47. The number of hydrogen-bond donors (Lipinski definition) is 1. The molecule has 94 valence electrons. The number of nitrogens with zero attached hydrogens (tertiary/aromatic N) is 4. The van der Waals surface area contributed by atoms with E-state index in [1.165, 1.54) is 0 Å². The Morgan fingerprint density at radius 1 is 1.26 bits per heavy atom. The number of imidazole rings is 1. The number of rotatable bonds is 4. The third-order valence-electron chi connectivity index (χ3n) is 2.84. The zero-order chi connectivity index (χ0) is 13.1. The van der Waals surface area contributed by atoms with Crippen LogP contribution in [0.3, 0.4) is 0 Å². The second-order valence-corrected chi connectivity index (χ2v) is 4.04. The highest BCUT2D eigenvalue weighted by atomic mass is 15.2. The van der Waals surface area contributed by atoms with Gasteiger partial charge in [-0.15, -0.1) is 0 Å². The van der Waals surface area contributed by atoms with Crippen LogP contribution in [-0.2, 0) is 0 Å². The average molecular weight is 251 g/mol. The van der Waals surface area contributed by atoms with Crippen LogP contribution < -0.4 is 5.32 Å². The van der Waals surface area contributed by atoms with Gasteiger partial charge >= 0.3 is 0 Å². The van der Waals surface area contributed by atoms with Crippen LogP contribution in [-0.4, -0.2) is 27.8 Å². The van der Waals surface area contributed by atoms with E-state index in [4.69, 9.17) is 0 Å². The SMILES string of the molecule is C=NCNc1c(-c2ccccc2)nc2cnccn12. The Balaban J connectivity index is 2.19. The molecule has 0 aliphatic rings. The fraction of sp³-hybridized carbons (Fsp3) is 0.0714. The lowest BCUT2D eigenvalue weighted by Gasteiger charge is -2.05. The van der Waals surface area contributed by atoms with Gasteiger partial charge in [0, 0.05) is 18.0 Å². The van der Waals surface area contributed by atoms with Crippen LogP contribution in [0.25, 0.3) is 16.9 Å². The molecule has 3 rings (SSSR count). The highest BCUT2D eigenvalue weighted by Crippen LogP contribution is 2.27. The minimum Gasteiger partial charge on any atom is -0.350 e. The zero-order valence-corrected chi connectivity index (χ0v) is 10.3. The fourth-order valence-corrected chi connectivity index (χ4v) is 2.00. The summed E-state index contributed by atoms with van der Waals surface area (Å²) in [5.41, 5.74) is 2.74. The lowest BCUT2D eigenvalue weighted by molar-refractivity contribution is 1.07. The average Bonchev–Trinajstić information content (AvgIpc) is 2.85. The van der Waals surface area contributed by atoms with Gasteiger partial charge in [-0.25, -0.2) is 4.98 Å². The Hall–Kier alpha value is -2.69. The van der Waals surface area contributed by atoms with Crippen LogP contribution >= 0.6 is 0 Å². The molecule has 0 saturated carbocycles. The molecule has 0 fully saturated rings. The molecule has 0 spiro atoms. The highest BCUT2D eigenvalue weighted by molar-refractivity contribution is 5.76. The molecule has 0 amide bonds. The molecule has 1 N–H and O–H groups in total. The molecule has 0 aliphatic heterocycles. The molecule has 0 aliphatic carbocycles. The number of hydrogen-bond acceptors (Lipinski definition) is 4. The van der Waals surface area contributed by atoms with Crippen molar-refractivity contribution in [2.24, 2.45) is 4.99 Å². The molecule has 0 bridgehead atoms. The number of aliphatic imine (C=N–C) groups is 1. The summed E-state index contributed by atoms with van der Waals surface area (Å²) in [6.07, 6.45) is 5.34. The Morgan fingerprint density at radius 3 is 2.89 bits per heavy atom. The van der Waals surface area contributed by atoms with Crippen LogP contribution in [0.5, 0.6) is 0 Å². The second-order valence-electron chi connectivity index (χ2n) is 4.04. The predicted molar refractivity (Wildman–Crippen MR) is 76.5 cm³/mol. The van der Waals surface area contributed by atoms with Crippen molar-refractivity contribution in [3.05, 3.63) is 48.9 Å². The van der Waals surface area contributed by atoms with Gasteiger partial charge in [0.05, 0.1) is 6.20 Å². The summed E-state index contributed by atoms with van der Waals surface area (Å²) < 4.78 is 1.96. The standard InChI is InChI=1S/C14H13N5/c1-15-10-17-14-13(11-5-3-2-4-6-11)18-12-9-16-7-8-19(12)14/h2-9,17H,1,10H2. The van der Waals surface area contributed by atoms with Crippen molar-refractivity contribution in [3.63, 3.8) is 0 Å². The fourth-order valence-electron chi connectivity index (χ4n) is 2.00. The summed E-state index contributed by atoms with van der Waals surface area (Å²) in [7, 11) is 0. The smallest absolute Gasteiger partial charge is 0.157 e. The first-order valence-corrected chi connectivity index (χ1v) is 5.94. The number of nitrogens with one attached hydrogen (secondary N) is 1. The lowest BCUT2D eigenvalue weighted by atomic mass is 10.1. The van der Waals surface area contributed by atoms with Crippen molar-refractivity contribution in [1.29, 1.82) is 0 Å². The zero-order valence-electron chi connectivity index (χ0n) is 10.3. The van der Waals surface area contributed by atoms with E-state index >= 15 is 0 Å². The van der Waals surface area contributed by atoms with E-state index in [-0.39, 0.29) is 0 Å². The largest absolute Gasteiger partial charge is 0.350 e. The van der Waals surface area contributed by atoms with Gasteiger partial charge in [-0.2, -0.15) is 0 Å². The molecule has 5 heteroatoms. The van der Waals surface area contributed by atoms with Crippen molar-refractivity contribution in [2.45, 2.75) is 0 Å². The van der Waals surface area contributed by atoms with E-state index in [1.54, 1.807) is 12.4 Å². The first kappa shape index (κ1) is 11.4. The van der Waals surface area contributed by atoms with Gasteiger partial charge in [0.2, 0.25) is 0 Å². The molecule has 5 nitrogen and oxygen atoms in total. The van der Waals surface area contributed by atoms with Crippen LogP contribution in [0.1, 0.15) is 0 Å². The second kappa shape index (κ2) is 4.89. The van der Waals surface area contributed by atoms with Crippen LogP contribution in [0.2, 0.25) is 0 Å². The Morgan fingerprint density at radius 2 is 2.11 bits per heavy atom. The summed E-state index contributed by atoms with van der Waals surface area (Å²) in [6.45, 7) is 3.93. The molecule has 1 aromatic carbocycles. The molecular formula is C14H13N5. The van der Waals surface area contributed by atoms with Gasteiger partial charge in [-0.05, 0) is 6.72 Å². The first-order chi connectivity index (χ1) is 9.40. The maximum Gasteiger partial charge on any atom is 0.157 e. The molecule has 3 aromatic rings. The summed E-state index contributed by atoms with van der Waals surface area (Å²) in [5.74, 6) is 0.899. The van der Waals surface area contributed by atoms with Crippen LogP contribution in [0, 0.1) is 0 Å². The van der Waals surface area contributed by atoms with Gasteiger partial charge in [-0.3, -0.25) is 14.4 Å². The van der Waals surface area contributed by atoms with E-state index < -0.39 is 0 Å². The molecule has 19 heavy (non-hydrogen) atoms. The van der Waals surface area contributed by atoms with E-state index in [9.17, 15) is 0 Å². The lowest BCUT2D eigenvalue weighted by Crippen LogP contribution is -2.02. The van der Waals surface area contributed by atoms with E-state index in [1.807, 2.05) is 40.9 Å².